The number of hydrogen-bond acceptors (Lipinski definition) is 3. The molecule has 0 aliphatic carbocycles. The Bertz CT molecular complexity index is 367. The van der Waals surface area contributed by atoms with Crippen LogP contribution in [-0.2, 0) is 16.1 Å². The predicted molar refractivity (Wildman–Crippen MR) is 68.9 cm³/mol. The third kappa shape index (κ3) is 4.46. The second-order valence-electron chi connectivity index (χ2n) is 3.85. The van der Waals surface area contributed by atoms with Crippen molar-refractivity contribution in [1.29, 1.82) is 0 Å². The molecule has 0 bridgehead atoms. The molecule has 0 aliphatic rings. The van der Waals surface area contributed by atoms with Crippen LogP contribution in [0.1, 0.15) is 5.56 Å². The molecule has 0 aliphatic heterocycles. The number of nitrogens with zero attached hydrogens (tertiary/aromatic N) is 1. The van der Waals surface area contributed by atoms with Crippen molar-refractivity contribution in [3.05, 3.63) is 34.3 Å². The zero-order valence-corrected chi connectivity index (χ0v) is 11.5. The lowest BCUT2D eigenvalue weighted by Crippen LogP contribution is -2.41. The molecule has 17 heavy (non-hydrogen) atoms. The van der Waals surface area contributed by atoms with E-state index in [0.717, 1.165) is 10.0 Å². The van der Waals surface area contributed by atoms with Crippen LogP contribution >= 0.6 is 15.9 Å². The number of carbonyl (C=O) groups is 1. The summed E-state index contributed by atoms with van der Waals surface area (Å²) in [7, 11) is 3.28. The van der Waals surface area contributed by atoms with E-state index in [1.54, 1.807) is 11.9 Å². The highest BCUT2D eigenvalue weighted by molar-refractivity contribution is 9.10. The average molecular weight is 302 g/mol. The first-order chi connectivity index (χ1) is 8.04. The number of aliphatic carboxylic acids is 1. The van der Waals surface area contributed by atoms with Crippen LogP contribution in [0, 0.1) is 0 Å². The van der Waals surface area contributed by atoms with Gasteiger partial charge in [0.05, 0.1) is 6.61 Å². The van der Waals surface area contributed by atoms with Gasteiger partial charge in [0.15, 0.2) is 0 Å². The van der Waals surface area contributed by atoms with Gasteiger partial charge in [-0.25, -0.2) is 0 Å². The monoisotopic (exact) mass is 301 g/mol. The SMILES string of the molecule is COCC(C(=O)O)N(C)Cc1ccc(Br)cc1. The molecule has 0 fully saturated rings. The third-order valence-corrected chi connectivity index (χ3v) is 3.02. The minimum Gasteiger partial charge on any atom is -0.480 e. The average Bonchev–Trinajstić information content (AvgIpc) is 2.28. The summed E-state index contributed by atoms with van der Waals surface area (Å²) in [5, 5.41) is 9.07. The van der Waals surface area contributed by atoms with Crippen molar-refractivity contribution in [2.75, 3.05) is 20.8 Å². The smallest absolute Gasteiger partial charge is 0.323 e. The Balaban J connectivity index is 2.66. The maximum atomic E-state index is 11.0. The molecule has 4 nitrogen and oxygen atoms in total. The largest absolute Gasteiger partial charge is 0.480 e. The maximum Gasteiger partial charge on any atom is 0.323 e. The summed E-state index contributed by atoms with van der Waals surface area (Å²) in [6, 6.07) is 7.19. The second-order valence-corrected chi connectivity index (χ2v) is 4.77. The highest BCUT2D eigenvalue weighted by atomic mass is 79.9. The Kier molecular flexibility index (Phi) is 5.61. The van der Waals surface area contributed by atoms with Gasteiger partial charge in [-0.1, -0.05) is 28.1 Å². The van der Waals surface area contributed by atoms with Gasteiger partial charge in [0, 0.05) is 18.1 Å². The van der Waals surface area contributed by atoms with Crippen LogP contribution in [0.25, 0.3) is 0 Å². The molecule has 1 unspecified atom stereocenters. The third-order valence-electron chi connectivity index (χ3n) is 2.49. The molecule has 1 N–H and O–H groups in total. The van der Waals surface area contributed by atoms with Gasteiger partial charge in [-0.15, -0.1) is 0 Å². The van der Waals surface area contributed by atoms with Gasteiger partial charge in [0.2, 0.25) is 0 Å². The van der Waals surface area contributed by atoms with Gasteiger partial charge in [-0.3, -0.25) is 9.69 Å². The summed E-state index contributed by atoms with van der Waals surface area (Å²) in [6.07, 6.45) is 0. The van der Waals surface area contributed by atoms with E-state index in [2.05, 4.69) is 15.9 Å². The molecule has 0 spiro atoms. The Morgan fingerprint density at radius 2 is 2.06 bits per heavy atom. The zero-order chi connectivity index (χ0) is 12.8. The van der Waals surface area contributed by atoms with Crippen molar-refractivity contribution in [3.63, 3.8) is 0 Å². The number of ether oxygens (including phenoxy) is 1. The number of methoxy groups -OCH3 is 1. The Labute approximate surface area is 109 Å². The minimum atomic E-state index is -0.869. The van der Waals surface area contributed by atoms with Crippen molar-refractivity contribution >= 4 is 21.9 Å². The van der Waals surface area contributed by atoms with E-state index in [-0.39, 0.29) is 6.61 Å². The van der Waals surface area contributed by atoms with Crippen molar-refractivity contribution in [2.24, 2.45) is 0 Å². The molecule has 0 saturated heterocycles. The van der Waals surface area contributed by atoms with Gasteiger partial charge in [-0.2, -0.15) is 0 Å². The topological polar surface area (TPSA) is 49.8 Å². The number of carboxylic acids is 1. The van der Waals surface area contributed by atoms with E-state index in [1.165, 1.54) is 7.11 Å². The highest BCUT2D eigenvalue weighted by Gasteiger charge is 2.22. The van der Waals surface area contributed by atoms with Crippen LogP contribution in [-0.4, -0.2) is 42.8 Å². The van der Waals surface area contributed by atoms with E-state index in [9.17, 15) is 4.79 Å². The van der Waals surface area contributed by atoms with E-state index in [0.29, 0.717) is 6.54 Å². The standard InChI is InChI=1S/C12H16BrNO3/c1-14(11(8-17-2)12(15)16)7-9-3-5-10(13)6-4-9/h3-6,11H,7-8H2,1-2H3,(H,15,16). The summed E-state index contributed by atoms with van der Waals surface area (Å²) < 4.78 is 5.92. The molecule has 0 aromatic heterocycles. The van der Waals surface area contributed by atoms with Crippen LogP contribution in [0.3, 0.4) is 0 Å². The maximum absolute atomic E-state index is 11.0. The first-order valence-electron chi connectivity index (χ1n) is 5.21. The number of likely N-dealkylation sites (N-methyl/N-ethyl adjacent to an activating group) is 1. The van der Waals surface area contributed by atoms with Crippen LogP contribution in [0.2, 0.25) is 0 Å². The summed E-state index contributed by atoms with van der Waals surface area (Å²) in [6.45, 7) is 0.760. The lowest BCUT2D eigenvalue weighted by atomic mass is 10.2. The Hall–Kier alpha value is -0.910. The first-order valence-corrected chi connectivity index (χ1v) is 6.00. The Morgan fingerprint density at radius 3 is 2.53 bits per heavy atom. The van der Waals surface area contributed by atoms with Crippen molar-refractivity contribution in [2.45, 2.75) is 12.6 Å². The van der Waals surface area contributed by atoms with Gasteiger partial charge >= 0.3 is 5.97 Å². The van der Waals surface area contributed by atoms with Crippen molar-refractivity contribution in [1.82, 2.24) is 4.90 Å². The molecule has 0 amide bonds. The highest BCUT2D eigenvalue weighted by Crippen LogP contribution is 2.13. The van der Waals surface area contributed by atoms with Crippen LogP contribution in [0.15, 0.2) is 28.7 Å². The number of rotatable bonds is 6. The number of benzene rings is 1. The van der Waals surface area contributed by atoms with Crippen molar-refractivity contribution < 1.29 is 14.6 Å². The van der Waals surface area contributed by atoms with E-state index < -0.39 is 12.0 Å². The number of carboxylic acid groups (broad SMARTS) is 1. The summed E-state index contributed by atoms with van der Waals surface area (Å²) >= 11 is 3.36. The lowest BCUT2D eigenvalue weighted by Gasteiger charge is -2.23. The molecule has 1 aromatic carbocycles. The van der Waals surface area contributed by atoms with Crippen LogP contribution in [0.5, 0.6) is 0 Å². The molecule has 5 heteroatoms. The van der Waals surface area contributed by atoms with Gasteiger partial charge in [0.25, 0.3) is 0 Å². The fraction of sp³-hybridized carbons (Fsp3) is 0.417. The fourth-order valence-electron chi connectivity index (χ4n) is 1.53. The number of hydrogen-bond donors (Lipinski definition) is 1. The minimum absolute atomic E-state index is 0.183. The molecule has 0 radical (unpaired) electrons. The molecular formula is C12H16BrNO3. The van der Waals surface area contributed by atoms with Gasteiger partial charge < -0.3 is 9.84 Å². The molecule has 0 heterocycles. The van der Waals surface area contributed by atoms with Crippen LogP contribution < -0.4 is 0 Å². The quantitative estimate of drug-likeness (QED) is 0.873. The summed E-state index contributed by atoms with van der Waals surface area (Å²) in [4.78, 5) is 12.8. The van der Waals surface area contributed by atoms with Crippen molar-refractivity contribution in [3.8, 4) is 0 Å². The molecule has 1 atom stereocenters. The molecular weight excluding hydrogens is 286 g/mol. The predicted octanol–water partition coefficient (Wildman–Crippen LogP) is 1.98. The zero-order valence-electron chi connectivity index (χ0n) is 9.89. The number of halogens is 1. The van der Waals surface area contributed by atoms with Gasteiger partial charge in [0.1, 0.15) is 6.04 Å². The normalized spacial score (nSPS) is 12.7. The van der Waals surface area contributed by atoms with E-state index in [4.69, 9.17) is 9.84 Å². The van der Waals surface area contributed by atoms with Crippen LogP contribution in [0.4, 0.5) is 0 Å². The van der Waals surface area contributed by atoms with E-state index >= 15 is 0 Å². The lowest BCUT2D eigenvalue weighted by molar-refractivity contribution is -0.144. The molecule has 94 valence electrons. The Morgan fingerprint density at radius 1 is 1.47 bits per heavy atom. The van der Waals surface area contributed by atoms with E-state index in [1.807, 2.05) is 24.3 Å². The molecule has 1 aromatic rings. The molecule has 0 saturated carbocycles. The summed E-state index contributed by atoms with van der Waals surface area (Å²) in [5.74, 6) is -0.869. The summed E-state index contributed by atoms with van der Waals surface area (Å²) in [5.41, 5.74) is 1.07. The fourth-order valence-corrected chi connectivity index (χ4v) is 1.80. The first kappa shape index (κ1) is 14.2. The second kappa shape index (κ2) is 6.74. The molecule has 1 rings (SSSR count). The van der Waals surface area contributed by atoms with Gasteiger partial charge in [-0.05, 0) is 24.7 Å².